The standard InChI is InChI=1S/C23H26ClFN3O10P/c1-14(2)35-19(30)15(3)37-39(33,38-16-8-5-4-6-9-16)34-12-17-18(29)23(24,10-7-11-25)20(36-17)28-13-26-21(31)27-22(28)32/h4-6,8-9,13-15,17-18,20,29H,11-12H2,1-3H3,(H,27,31,32)/t15-,17+,18-,20+,23?,39-/m0/s1. The van der Waals surface area contributed by atoms with Gasteiger partial charge in [0.15, 0.2) is 17.2 Å². The molecule has 0 radical (unpaired) electrons. The smallest absolute Gasteiger partial charge is 0.461 e. The Balaban J connectivity index is 1.88. The summed E-state index contributed by atoms with van der Waals surface area (Å²) >= 11 is 6.52. The number of benzene rings is 1. The predicted octanol–water partition coefficient (Wildman–Crippen LogP) is 1.70. The summed E-state index contributed by atoms with van der Waals surface area (Å²) in [4.78, 5) is 39.2. The summed E-state index contributed by atoms with van der Waals surface area (Å²) in [5.41, 5.74) is -1.95. The predicted molar refractivity (Wildman–Crippen MR) is 134 cm³/mol. The SMILES string of the molecule is CC(C)OC(=O)[C@H](C)O[P@](=O)(OC[C@H]1O[C@@H](n2cnc(=O)[nH]c2=O)C(Cl)(C#CCF)[C@H]1O)Oc1ccccc1. The minimum atomic E-state index is -4.60. The van der Waals surface area contributed by atoms with Crippen molar-refractivity contribution < 1.29 is 41.9 Å². The van der Waals surface area contributed by atoms with Gasteiger partial charge in [-0.15, -0.1) is 0 Å². The van der Waals surface area contributed by atoms with Crippen molar-refractivity contribution in [3.05, 3.63) is 57.6 Å². The van der Waals surface area contributed by atoms with Crippen molar-refractivity contribution in [1.29, 1.82) is 0 Å². The number of halogens is 2. The van der Waals surface area contributed by atoms with Crippen molar-refractivity contribution in [3.8, 4) is 17.6 Å². The second kappa shape index (κ2) is 12.9. The molecular weight excluding hydrogens is 564 g/mol. The van der Waals surface area contributed by atoms with Crippen molar-refractivity contribution in [2.24, 2.45) is 0 Å². The lowest BCUT2D eigenvalue weighted by Gasteiger charge is -2.25. The van der Waals surface area contributed by atoms with Gasteiger partial charge in [-0.25, -0.2) is 23.3 Å². The van der Waals surface area contributed by atoms with Crippen LogP contribution in [-0.2, 0) is 27.9 Å². The molecule has 0 aliphatic carbocycles. The van der Waals surface area contributed by atoms with E-state index < -0.39 is 74.0 Å². The normalized spacial score (nSPS) is 24.8. The van der Waals surface area contributed by atoms with E-state index in [4.69, 9.17) is 34.6 Å². The molecule has 1 fully saturated rings. The van der Waals surface area contributed by atoms with E-state index in [9.17, 15) is 28.4 Å². The van der Waals surface area contributed by atoms with Crippen molar-refractivity contribution in [2.75, 3.05) is 13.3 Å². The van der Waals surface area contributed by atoms with Crippen LogP contribution >= 0.6 is 19.4 Å². The number of aliphatic hydroxyl groups is 1. The first-order valence-electron chi connectivity index (χ1n) is 11.5. The molecule has 1 saturated heterocycles. The Morgan fingerprint density at radius 2 is 2.03 bits per heavy atom. The summed E-state index contributed by atoms with van der Waals surface area (Å²) in [5, 5.41) is 11.0. The number of esters is 1. The van der Waals surface area contributed by atoms with Gasteiger partial charge in [0.25, 0.3) is 0 Å². The van der Waals surface area contributed by atoms with E-state index in [1.54, 1.807) is 32.0 Å². The van der Waals surface area contributed by atoms with Gasteiger partial charge >= 0.3 is 25.2 Å². The molecule has 3 rings (SSSR count). The number of hydrogen-bond acceptors (Lipinski definition) is 11. The van der Waals surface area contributed by atoms with Crippen LogP contribution in [0.4, 0.5) is 4.39 Å². The zero-order chi connectivity index (χ0) is 28.8. The van der Waals surface area contributed by atoms with Crippen LogP contribution in [0.5, 0.6) is 5.75 Å². The second-order valence-electron chi connectivity index (χ2n) is 8.44. The van der Waals surface area contributed by atoms with Gasteiger partial charge in [-0.3, -0.25) is 18.6 Å². The molecule has 1 aliphatic heterocycles. The number of alkyl halides is 2. The fraction of sp³-hybridized carbons (Fsp3) is 0.478. The van der Waals surface area contributed by atoms with E-state index in [2.05, 4.69) is 16.8 Å². The zero-order valence-electron chi connectivity index (χ0n) is 21.0. The maximum absolute atomic E-state index is 13.6. The molecular formula is C23H26ClFN3O10P. The lowest BCUT2D eigenvalue weighted by Crippen LogP contribution is -2.44. The van der Waals surface area contributed by atoms with Gasteiger partial charge in [-0.2, -0.15) is 4.98 Å². The molecule has 1 aliphatic rings. The van der Waals surface area contributed by atoms with E-state index in [1.807, 2.05) is 4.98 Å². The highest BCUT2D eigenvalue weighted by Gasteiger charge is 2.57. The average molecular weight is 590 g/mol. The maximum Gasteiger partial charge on any atom is 0.530 e. The molecule has 13 nitrogen and oxygen atoms in total. The number of H-pyrrole nitrogens is 1. The number of ether oxygens (including phenoxy) is 2. The van der Waals surface area contributed by atoms with Gasteiger partial charge in [0.2, 0.25) is 0 Å². The molecule has 2 aromatic rings. The van der Waals surface area contributed by atoms with E-state index in [0.29, 0.717) is 0 Å². The van der Waals surface area contributed by atoms with Crippen LogP contribution in [0, 0.1) is 11.8 Å². The topological polar surface area (TPSA) is 168 Å². The van der Waals surface area contributed by atoms with Crippen LogP contribution in [0.15, 0.2) is 46.2 Å². The Bertz CT molecular complexity index is 1380. The van der Waals surface area contributed by atoms with Gasteiger partial charge < -0.3 is 19.1 Å². The number of carbonyl (C=O) groups is 1. The van der Waals surface area contributed by atoms with Gasteiger partial charge in [-0.05, 0) is 32.9 Å². The van der Waals surface area contributed by atoms with Crippen molar-refractivity contribution in [3.63, 3.8) is 0 Å². The third-order valence-corrected chi connectivity index (χ3v) is 7.10. The summed E-state index contributed by atoms with van der Waals surface area (Å²) < 4.78 is 54.2. The van der Waals surface area contributed by atoms with Crippen molar-refractivity contribution in [1.82, 2.24) is 14.5 Å². The molecule has 0 saturated carbocycles. The van der Waals surface area contributed by atoms with E-state index in [1.165, 1.54) is 19.1 Å². The molecule has 2 N–H and O–H groups in total. The summed E-state index contributed by atoms with van der Waals surface area (Å²) in [6.45, 7) is 2.66. The number of nitrogens with one attached hydrogen (secondary N) is 1. The summed E-state index contributed by atoms with van der Waals surface area (Å²) in [6.07, 6.45) is -5.84. The van der Waals surface area contributed by atoms with Gasteiger partial charge in [0.05, 0.1) is 12.7 Å². The lowest BCUT2D eigenvalue weighted by molar-refractivity contribution is -0.156. The molecule has 39 heavy (non-hydrogen) atoms. The maximum atomic E-state index is 13.6. The molecule has 1 aromatic heterocycles. The minimum Gasteiger partial charge on any atom is -0.461 e. The number of aromatic amines is 1. The van der Waals surface area contributed by atoms with Crippen molar-refractivity contribution >= 4 is 25.4 Å². The van der Waals surface area contributed by atoms with E-state index >= 15 is 0 Å². The van der Waals surface area contributed by atoms with Crippen LogP contribution < -0.4 is 15.9 Å². The van der Waals surface area contributed by atoms with Crippen LogP contribution in [0.3, 0.4) is 0 Å². The van der Waals surface area contributed by atoms with Gasteiger partial charge in [0, 0.05) is 0 Å². The van der Waals surface area contributed by atoms with Crippen LogP contribution in [0.25, 0.3) is 0 Å². The third kappa shape index (κ3) is 7.54. The largest absolute Gasteiger partial charge is 0.530 e. The monoisotopic (exact) mass is 589 g/mol. The Morgan fingerprint density at radius 3 is 2.64 bits per heavy atom. The summed E-state index contributed by atoms with van der Waals surface area (Å²) in [5.74, 6) is 3.63. The first-order valence-corrected chi connectivity index (χ1v) is 13.4. The first-order chi connectivity index (χ1) is 18.4. The summed E-state index contributed by atoms with van der Waals surface area (Å²) in [7, 11) is -4.60. The first kappa shape index (κ1) is 30.5. The molecule has 16 heteroatoms. The molecule has 212 valence electrons. The van der Waals surface area contributed by atoms with Gasteiger partial charge in [-0.1, -0.05) is 41.6 Å². The Labute approximate surface area is 226 Å². The molecule has 1 aromatic carbocycles. The van der Waals surface area contributed by atoms with Crippen LogP contribution in [-0.4, -0.2) is 68.2 Å². The van der Waals surface area contributed by atoms with Crippen LogP contribution in [0.1, 0.15) is 27.0 Å². The lowest BCUT2D eigenvalue weighted by atomic mass is 9.99. The highest BCUT2D eigenvalue weighted by Crippen LogP contribution is 2.52. The Hall–Kier alpha value is -3.05. The molecule has 0 bridgehead atoms. The molecule has 0 spiro atoms. The number of aliphatic hydroxyl groups excluding tert-OH is 1. The number of carbonyl (C=O) groups excluding carboxylic acids is 1. The van der Waals surface area contributed by atoms with Crippen LogP contribution in [0.2, 0.25) is 0 Å². The minimum absolute atomic E-state index is 0.0717. The fourth-order valence-corrected chi connectivity index (χ4v) is 5.10. The number of aromatic nitrogens is 3. The molecule has 2 heterocycles. The molecule has 6 atom stereocenters. The van der Waals surface area contributed by atoms with Crippen molar-refractivity contribution in [2.45, 2.75) is 56.3 Å². The highest BCUT2D eigenvalue weighted by atomic mass is 35.5. The quantitative estimate of drug-likeness (QED) is 0.179. The number of nitrogens with zero attached hydrogens (tertiary/aromatic N) is 2. The average Bonchev–Trinajstić information content (AvgIpc) is 3.11. The number of rotatable bonds is 10. The Morgan fingerprint density at radius 1 is 1.33 bits per heavy atom. The zero-order valence-corrected chi connectivity index (χ0v) is 22.6. The number of phosphoric acid groups is 1. The third-order valence-electron chi connectivity index (χ3n) is 5.12. The second-order valence-corrected chi connectivity index (χ2v) is 10.6. The van der Waals surface area contributed by atoms with Gasteiger partial charge in [0.1, 0.15) is 31.0 Å². The number of phosphoric ester groups is 1. The number of para-hydroxylation sites is 1. The Kier molecular flexibility index (Phi) is 10.1. The molecule has 0 amide bonds. The van der Waals surface area contributed by atoms with E-state index in [-0.39, 0.29) is 5.75 Å². The van der Waals surface area contributed by atoms with E-state index in [0.717, 1.165) is 10.9 Å². The number of hydrogen-bond donors (Lipinski definition) is 2. The fourth-order valence-electron chi connectivity index (χ4n) is 3.40. The highest BCUT2D eigenvalue weighted by molar-refractivity contribution is 7.49. The molecule has 1 unspecified atom stereocenters. The summed E-state index contributed by atoms with van der Waals surface area (Å²) in [6, 6.07) is 7.77.